The maximum atomic E-state index is 10.8. The van der Waals surface area contributed by atoms with Gasteiger partial charge >= 0.3 is 11.9 Å². The zero-order chi connectivity index (χ0) is 12.1. The summed E-state index contributed by atoms with van der Waals surface area (Å²) >= 11 is 0. The van der Waals surface area contributed by atoms with Crippen molar-refractivity contribution in [3.05, 3.63) is 0 Å². The van der Waals surface area contributed by atoms with Gasteiger partial charge in [-0.25, -0.2) is 0 Å². The SMILES string of the molecule is CCC(CC(C(=O)O)C(=O)O)N1C=NCC1.Cl. The molecule has 0 aromatic carbocycles. The fraction of sp³-hybridized carbons (Fsp3) is 0.700. The molecular weight excluding hydrogens is 248 g/mol. The Labute approximate surface area is 106 Å². The van der Waals surface area contributed by atoms with Gasteiger partial charge in [0.15, 0.2) is 5.92 Å². The first-order valence-corrected chi connectivity index (χ1v) is 5.27. The van der Waals surface area contributed by atoms with Crippen LogP contribution in [0, 0.1) is 5.92 Å². The molecule has 1 aliphatic heterocycles. The number of hydrogen-bond acceptors (Lipinski definition) is 4. The van der Waals surface area contributed by atoms with Gasteiger partial charge < -0.3 is 15.1 Å². The minimum absolute atomic E-state index is 0. The zero-order valence-corrected chi connectivity index (χ0v) is 10.4. The maximum Gasteiger partial charge on any atom is 0.317 e. The molecule has 0 aliphatic carbocycles. The quantitative estimate of drug-likeness (QED) is 0.690. The van der Waals surface area contributed by atoms with E-state index >= 15 is 0 Å². The monoisotopic (exact) mass is 264 g/mol. The Morgan fingerprint density at radius 1 is 1.41 bits per heavy atom. The van der Waals surface area contributed by atoms with E-state index in [9.17, 15) is 9.59 Å². The lowest BCUT2D eigenvalue weighted by atomic mass is 9.97. The van der Waals surface area contributed by atoms with Gasteiger partial charge in [-0.1, -0.05) is 6.92 Å². The van der Waals surface area contributed by atoms with Gasteiger partial charge in [-0.15, -0.1) is 12.4 Å². The molecule has 0 aromatic rings. The Morgan fingerprint density at radius 2 is 2.00 bits per heavy atom. The van der Waals surface area contributed by atoms with Crippen LogP contribution in [0.5, 0.6) is 0 Å². The normalized spacial score (nSPS) is 15.8. The van der Waals surface area contributed by atoms with E-state index < -0.39 is 17.9 Å². The van der Waals surface area contributed by atoms with Gasteiger partial charge in [0.05, 0.1) is 12.9 Å². The summed E-state index contributed by atoms with van der Waals surface area (Å²) < 4.78 is 0. The average Bonchev–Trinajstić information content (AvgIpc) is 2.71. The van der Waals surface area contributed by atoms with E-state index in [1.807, 2.05) is 11.8 Å². The largest absolute Gasteiger partial charge is 0.481 e. The van der Waals surface area contributed by atoms with E-state index in [0.29, 0.717) is 13.0 Å². The molecule has 0 fully saturated rings. The highest BCUT2D eigenvalue weighted by Crippen LogP contribution is 2.16. The highest BCUT2D eigenvalue weighted by atomic mass is 35.5. The van der Waals surface area contributed by atoms with E-state index in [2.05, 4.69) is 4.99 Å². The minimum Gasteiger partial charge on any atom is -0.481 e. The number of rotatable bonds is 6. The zero-order valence-electron chi connectivity index (χ0n) is 9.57. The molecule has 17 heavy (non-hydrogen) atoms. The number of nitrogens with zero attached hydrogens (tertiary/aromatic N) is 2. The topological polar surface area (TPSA) is 90.2 Å². The summed E-state index contributed by atoms with van der Waals surface area (Å²) in [6.07, 6.45) is 2.51. The van der Waals surface area contributed by atoms with Gasteiger partial charge in [-0.05, 0) is 12.8 Å². The van der Waals surface area contributed by atoms with Gasteiger partial charge in [-0.3, -0.25) is 14.6 Å². The lowest BCUT2D eigenvalue weighted by Gasteiger charge is -2.26. The highest BCUT2D eigenvalue weighted by Gasteiger charge is 2.30. The van der Waals surface area contributed by atoms with E-state index in [0.717, 1.165) is 6.54 Å². The first-order valence-electron chi connectivity index (χ1n) is 5.27. The first-order chi connectivity index (χ1) is 7.56. The second-order valence-corrected chi connectivity index (χ2v) is 3.79. The van der Waals surface area contributed by atoms with Crippen molar-refractivity contribution in [1.29, 1.82) is 0 Å². The fourth-order valence-corrected chi connectivity index (χ4v) is 1.79. The number of hydrogen-bond donors (Lipinski definition) is 2. The molecule has 1 heterocycles. The van der Waals surface area contributed by atoms with Crippen molar-refractivity contribution < 1.29 is 19.8 Å². The summed E-state index contributed by atoms with van der Waals surface area (Å²) in [7, 11) is 0. The molecule has 2 N–H and O–H groups in total. The Hall–Kier alpha value is -1.30. The summed E-state index contributed by atoms with van der Waals surface area (Å²) in [5, 5.41) is 17.6. The Morgan fingerprint density at radius 3 is 2.35 bits per heavy atom. The van der Waals surface area contributed by atoms with Crippen LogP contribution in [0.4, 0.5) is 0 Å². The summed E-state index contributed by atoms with van der Waals surface area (Å²) in [5.74, 6) is -3.89. The predicted octanol–water partition coefficient (Wildman–Crippen LogP) is 0.706. The molecule has 7 heteroatoms. The summed E-state index contributed by atoms with van der Waals surface area (Å²) in [6, 6.07) is -0.0663. The van der Waals surface area contributed by atoms with Crippen LogP contribution < -0.4 is 0 Å². The van der Waals surface area contributed by atoms with Crippen molar-refractivity contribution in [2.45, 2.75) is 25.8 Å². The molecule has 0 aromatic heterocycles. The van der Waals surface area contributed by atoms with Crippen LogP contribution in [-0.4, -0.2) is 52.5 Å². The Balaban J connectivity index is 0.00000256. The summed E-state index contributed by atoms with van der Waals surface area (Å²) in [6.45, 7) is 3.35. The second kappa shape index (κ2) is 7.11. The molecule has 1 atom stereocenters. The van der Waals surface area contributed by atoms with Gasteiger partial charge in [-0.2, -0.15) is 0 Å². The van der Waals surface area contributed by atoms with Gasteiger partial charge in [0.1, 0.15) is 0 Å². The molecule has 0 radical (unpaired) electrons. The van der Waals surface area contributed by atoms with Crippen LogP contribution in [0.3, 0.4) is 0 Å². The lowest BCUT2D eigenvalue weighted by Crippen LogP contribution is -2.37. The Kier molecular flexibility index (Phi) is 6.57. The third kappa shape index (κ3) is 4.22. The van der Waals surface area contributed by atoms with Crippen LogP contribution in [0.15, 0.2) is 4.99 Å². The third-order valence-electron chi connectivity index (χ3n) is 2.76. The van der Waals surface area contributed by atoms with Crippen molar-refractivity contribution in [2.24, 2.45) is 10.9 Å². The van der Waals surface area contributed by atoms with Crippen molar-refractivity contribution in [3.63, 3.8) is 0 Å². The fourth-order valence-electron chi connectivity index (χ4n) is 1.79. The van der Waals surface area contributed by atoms with Crippen molar-refractivity contribution in [1.82, 2.24) is 4.90 Å². The second-order valence-electron chi connectivity index (χ2n) is 3.79. The van der Waals surface area contributed by atoms with Crippen LogP contribution in [-0.2, 0) is 9.59 Å². The number of carbonyl (C=O) groups is 2. The van der Waals surface area contributed by atoms with Crippen LogP contribution in [0.1, 0.15) is 19.8 Å². The smallest absolute Gasteiger partial charge is 0.317 e. The van der Waals surface area contributed by atoms with E-state index in [-0.39, 0.29) is 24.9 Å². The highest BCUT2D eigenvalue weighted by molar-refractivity contribution is 5.92. The van der Waals surface area contributed by atoms with Gasteiger partial charge in [0.2, 0.25) is 0 Å². The molecule has 6 nitrogen and oxygen atoms in total. The van der Waals surface area contributed by atoms with E-state index in [4.69, 9.17) is 10.2 Å². The first kappa shape index (κ1) is 15.7. The maximum absolute atomic E-state index is 10.8. The molecule has 1 rings (SSSR count). The standard InChI is InChI=1S/C10H16N2O4.ClH/c1-2-7(12-4-3-11-6-12)5-8(9(13)14)10(15)16;/h6-8H,2-5H2,1H3,(H,13,14)(H,15,16);1H. The molecule has 0 saturated heterocycles. The Bertz CT molecular complexity index is 295. The molecule has 0 saturated carbocycles. The van der Waals surface area contributed by atoms with Crippen molar-refractivity contribution in [2.75, 3.05) is 13.1 Å². The lowest BCUT2D eigenvalue weighted by molar-refractivity contribution is -0.155. The van der Waals surface area contributed by atoms with Crippen molar-refractivity contribution in [3.8, 4) is 0 Å². The molecule has 98 valence electrons. The molecule has 0 bridgehead atoms. The van der Waals surface area contributed by atoms with Crippen LogP contribution in [0.25, 0.3) is 0 Å². The number of carboxylic acid groups (broad SMARTS) is 2. The number of halogens is 1. The van der Waals surface area contributed by atoms with Crippen LogP contribution in [0.2, 0.25) is 0 Å². The molecule has 1 aliphatic rings. The molecule has 1 unspecified atom stereocenters. The molecule has 0 spiro atoms. The summed E-state index contributed by atoms with van der Waals surface area (Å²) in [4.78, 5) is 27.5. The van der Waals surface area contributed by atoms with Crippen molar-refractivity contribution >= 4 is 30.7 Å². The van der Waals surface area contributed by atoms with E-state index in [1.54, 1.807) is 6.34 Å². The number of aliphatic carboxylic acids is 2. The molecular formula is C10H17ClN2O4. The van der Waals surface area contributed by atoms with E-state index in [1.165, 1.54) is 0 Å². The third-order valence-corrected chi connectivity index (χ3v) is 2.76. The van der Waals surface area contributed by atoms with Gasteiger partial charge in [0, 0.05) is 12.6 Å². The predicted molar refractivity (Wildman–Crippen MR) is 64.8 cm³/mol. The number of carboxylic acids is 2. The summed E-state index contributed by atoms with van der Waals surface area (Å²) in [5.41, 5.74) is 0. The average molecular weight is 265 g/mol. The number of aliphatic imine (C=N–C) groups is 1. The van der Waals surface area contributed by atoms with Crippen LogP contribution >= 0.6 is 12.4 Å². The van der Waals surface area contributed by atoms with Gasteiger partial charge in [0.25, 0.3) is 0 Å². The minimum atomic E-state index is -1.33. The molecule has 0 amide bonds.